The van der Waals surface area contributed by atoms with Gasteiger partial charge in [0.1, 0.15) is 11.6 Å². The molecule has 0 aliphatic rings. The molecule has 1 aromatic carbocycles. The molecule has 1 aromatic heterocycles. The SMILES string of the molecule is CC(=O)NC(Cc1c[nH]c2c([N+](=O)[O-])cccc12)C(=O)O. The number of fused-ring (bicyclic) bond motifs is 1. The molecule has 0 saturated heterocycles. The van der Waals surface area contributed by atoms with Crippen LogP contribution in [0.4, 0.5) is 5.69 Å². The molecule has 0 aliphatic heterocycles. The van der Waals surface area contributed by atoms with Gasteiger partial charge in [-0.2, -0.15) is 0 Å². The van der Waals surface area contributed by atoms with Gasteiger partial charge in [-0.25, -0.2) is 4.79 Å². The van der Waals surface area contributed by atoms with E-state index in [0.717, 1.165) is 0 Å². The van der Waals surface area contributed by atoms with Crippen LogP contribution in [0, 0.1) is 10.1 Å². The second-order valence-corrected chi connectivity index (χ2v) is 4.57. The van der Waals surface area contributed by atoms with Crippen molar-refractivity contribution in [2.45, 2.75) is 19.4 Å². The molecule has 8 heteroatoms. The third kappa shape index (κ3) is 2.99. The zero-order valence-electron chi connectivity index (χ0n) is 11.1. The van der Waals surface area contributed by atoms with Crippen molar-refractivity contribution < 1.29 is 19.6 Å². The van der Waals surface area contributed by atoms with Gasteiger partial charge in [-0.3, -0.25) is 14.9 Å². The van der Waals surface area contributed by atoms with Gasteiger partial charge in [0, 0.05) is 31.0 Å². The van der Waals surface area contributed by atoms with Crippen molar-refractivity contribution in [3.8, 4) is 0 Å². The molecule has 110 valence electrons. The van der Waals surface area contributed by atoms with Crippen molar-refractivity contribution in [2.75, 3.05) is 0 Å². The first kappa shape index (κ1) is 14.5. The number of carboxylic acid groups (broad SMARTS) is 1. The molecule has 8 nitrogen and oxygen atoms in total. The van der Waals surface area contributed by atoms with E-state index >= 15 is 0 Å². The number of nitrogens with one attached hydrogen (secondary N) is 2. The Morgan fingerprint density at radius 2 is 2.19 bits per heavy atom. The average molecular weight is 291 g/mol. The van der Waals surface area contributed by atoms with Crippen LogP contribution in [0.15, 0.2) is 24.4 Å². The number of para-hydroxylation sites is 1. The summed E-state index contributed by atoms with van der Waals surface area (Å²) in [6.07, 6.45) is 1.56. The molecule has 0 spiro atoms. The molecule has 21 heavy (non-hydrogen) atoms. The number of hydrogen-bond donors (Lipinski definition) is 3. The third-order valence-corrected chi connectivity index (χ3v) is 3.08. The third-order valence-electron chi connectivity index (χ3n) is 3.08. The molecule has 1 unspecified atom stereocenters. The number of carbonyl (C=O) groups excluding carboxylic acids is 1. The quantitative estimate of drug-likeness (QED) is 0.564. The van der Waals surface area contributed by atoms with Gasteiger partial charge in [-0.1, -0.05) is 12.1 Å². The summed E-state index contributed by atoms with van der Waals surface area (Å²) in [5.41, 5.74) is 0.851. The largest absolute Gasteiger partial charge is 0.480 e. The number of benzene rings is 1. The van der Waals surface area contributed by atoms with E-state index in [1.807, 2.05) is 0 Å². The highest BCUT2D eigenvalue weighted by Crippen LogP contribution is 2.27. The molecule has 0 aliphatic carbocycles. The van der Waals surface area contributed by atoms with Crippen LogP contribution >= 0.6 is 0 Å². The Labute approximate surface area is 118 Å². The van der Waals surface area contributed by atoms with Crippen molar-refractivity contribution in [1.82, 2.24) is 10.3 Å². The number of aromatic nitrogens is 1. The maximum Gasteiger partial charge on any atom is 0.326 e. The zero-order chi connectivity index (χ0) is 15.6. The Balaban J connectivity index is 2.39. The number of hydrogen-bond acceptors (Lipinski definition) is 4. The summed E-state index contributed by atoms with van der Waals surface area (Å²) in [6.45, 7) is 1.23. The summed E-state index contributed by atoms with van der Waals surface area (Å²) in [5.74, 6) is -1.61. The van der Waals surface area contributed by atoms with Crippen LogP contribution in [-0.2, 0) is 16.0 Å². The number of amides is 1. The molecule has 1 atom stereocenters. The molecule has 2 rings (SSSR count). The molecular formula is C13H13N3O5. The predicted molar refractivity (Wildman–Crippen MR) is 73.9 cm³/mol. The van der Waals surface area contributed by atoms with E-state index in [1.54, 1.807) is 6.07 Å². The minimum Gasteiger partial charge on any atom is -0.480 e. The summed E-state index contributed by atoms with van der Waals surface area (Å²) in [5, 5.41) is 22.9. The highest BCUT2D eigenvalue weighted by Gasteiger charge is 2.22. The number of carboxylic acids is 1. The van der Waals surface area contributed by atoms with Crippen LogP contribution in [0.2, 0.25) is 0 Å². The number of carbonyl (C=O) groups is 2. The smallest absolute Gasteiger partial charge is 0.326 e. The van der Waals surface area contributed by atoms with Crippen molar-refractivity contribution in [3.05, 3.63) is 40.1 Å². The summed E-state index contributed by atoms with van der Waals surface area (Å²) in [7, 11) is 0. The Bertz CT molecular complexity index is 722. The van der Waals surface area contributed by atoms with Crippen molar-refractivity contribution >= 4 is 28.5 Å². The van der Waals surface area contributed by atoms with Gasteiger partial charge in [-0.05, 0) is 5.56 Å². The fourth-order valence-electron chi connectivity index (χ4n) is 2.18. The Kier molecular flexibility index (Phi) is 3.88. The zero-order valence-corrected chi connectivity index (χ0v) is 11.1. The molecule has 0 bridgehead atoms. The highest BCUT2D eigenvalue weighted by atomic mass is 16.6. The summed E-state index contributed by atoms with van der Waals surface area (Å²) in [4.78, 5) is 35.4. The Hall–Kier alpha value is -2.90. The number of rotatable bonds is 5. The van der Waals surface area contributed by atoms with Crippen molar-refractivity contribution in [3.63, 3.8) is 0 Å². The molecule has 1 amide bonds. The molecule has 3 N–H and O–H groups in total. The molecule has 0 radical (unpaired) electrons. The minimum absolute atomic E-state index is 0.0378. The number of nitro benzene ring substituents is 1. The number of aromatic amines is 1. The van der Waals surface area contributed by atoms with Crippen LogP contribution in [0.1, 0.15) is 12.5 Å². The minimum atomic E-state index is -1.16. The standard InChI is InChI=1S/C13H13N3O5/c1-7(17)15-10(13(18)19)5-8-6-14-12-9(8)3-2-4-11(12)16(20)21/h2-4,6,10,14H,5H2,1H3,(H,15,17)(H,18,19). The second-order valence-electron chi connectivity index (χ2n) is 4.57. The number of non-ortho nitro benzene ring substituents is 1. The van der Waals surface area contributed by atoms with Gasteiger partial charge in [0.25, 0.3) is 5.69 Å². The van der Waals surface area contributed by atoms with Crippen LogP contribution in [0.3, 0.4) is 0 Å². The Morgan fingerprint density at radius 1 is 1.48 bits per heavy atom. The normalized spacial score (nSPS) is 12.0. The molecular weight excluding hydrogens is 278 g/mol. The van der Waals surface area contributed by atoms with Gasteiger partial charge in [0.05, 0.1) is 4.92 Å². The molecule has 1 heterocycles. The van der Waals surface area contributed by atoms with Crippen molar-refractivity contribution in [2.24, 2.45) is 0 Å². The van der Waals surface area contributed by atoms with Gasteiger partial charge in [-0.15, -0.1) is 0 Å². The highest BCUT2D eigenvalue weighted by molar-refractivity contribution is 5.91. The van der Waals surface area contributed by atoms with E-state index in [9.17, 15) is 19.7 Å². The average Bonchev–Trinajstić information content (AvgIpc) is 2.80. The number of aliphatic carboxylic acids is 1. The topological polar surface area (TPSA) is 125 Å². The van der Waals surface area contributed by atoms with E-state index in [4.69, 9.17) is 5.11 Å². The summed E-state index contributed by atoms with van der Waals surface area (Å²) in [6, 6.07) is 3.48. The lowest BCUT2D eigenvalue weighted by atomic mass is 10.0. The second kappa shape index (κ2) is 5.61. The predicted octanol–water partition coefficient (Wildman–Crippen LogP) is 1.21. The number of nitrogens with zero attached hydrogens (tertiary/aromatic N) is 1. The van der Waals surface area contributed by atoms with Crippen LogP contribution in [0.25, 0.3) is 10.9 Å². The molecule has 0 fully saturated rings. The molecule has 2 aromatic rings. The number of H-pyrrole nitrogens is 1. The number of nitro groups is 1. The lowest BCUT2D eigenvalue weighted by Gasteiger charge is -2.12. The van der Waals surface area contributed by atoms with Gasteiger partial charge in [0.15, 0.2) is 0 Å². The van der Waals surface area contributed by atoms with E-state index in [-0.39, 0.29) is 12.1 Å². The first-order valence-electron chi connectivity index (χ1n) is 6.13. The van der Waals surface area contributed by atoms with E-state index in [2.05, 4.69) is 10.3 Å². The fourth-order valence-corrected chi connectivity index (χ4v) is 2.18. The van der Waals surface area contributed by atoms with Gasteiger partial charge in [0.2, 0.25) is 5.91 Å². The van der Waals surface area contributed by atoms with Gasteiger partial charge >= 0.3 is 5.97 Å². The Morgan fingerprint density at radius 3 is 2.76 bits per heavy atom. The van der Waals surface area contributed by atoms with Crippen LogP contribution in [0.5, 0.6) is 0 Å². The summed E-state index contributed by atoms with van der Waals surface area (Å²) < 4.78 is 0. The van der Waals surface area contributed by atoms with Crippen LogP contribution < -0.4 is 5.32 Å². The van der Waals surface area contributed by atoms with Gasteiger partial charge < -0.3 is 15.4 Å². The maximum absolute atomic E-state index is 11.1. The van der Waals surface area contributed by atoms with E-state index < -0.39 is 22.8 Å². The molecule has 0 saturated carbocycles. The first-order chi connectivity index (χ1) is 9.90. The van der Waals surface area contributed by atoms with Crippen molar-refractivity contribution in [1.29, 1.82) is 0 Å². The fraction of sp³-hybridized carbons (Fsp3) is 0.231. The monoisotopic (exact) mass is 291 g/mol. The lowest BCUT2D eigenvalue weighted by Crippen LogP contribution is -2.41. The lowest BCUT2D eigenvalue weighted by molar-refractivity contribution is -0.383. The van der Waals surface area contributed by atoms with E-state index in [0.29, 0.717) is 16.5 Å². The first-order valence-corrected chi connectivity index (χ1v) is 6.13. The van der Waals surface area contributed by atoms with Crippen LogP contribution in [-0.4, -0.2) is 32.9 Å². The van der Waals surface area contributed by atoms with E-state index in [1.165, 1.54) is 25.3 Å². The summed E-state index contributed by atoms with van der Waals surface area (Å²) >= 11 is 0. The maximum atomic E-state index is 11.1.